The number of ether oxygens (including phenoxy) is 2. The molecule has 1 rings (SSSR count). The second-order valence-corrected chi connectivity index (χ2v) is 3.73. The third-order valence-corrected chi connectivity index (χ3v) is 1.88. The molecule has 1 aliphatic rings. The van der Waals surface area contributed by atoms with Crippen LogP contribution in [0.3, 0.4) is 0 Å². The third-order valence-electron chi connectivity index (χ3n) is 1.88. The molecule has 0 aromatic carbocycles. The quantitative estimate of drug-likeness (QED) is 0.494. The van der Waals surface area contributed by atoms with Gasteiger partial charge in [0, 0.05) is 0 Å². The number of hydrogen-bond acceptors (Lipinski definition) is 4. The van der Waals surface area contributed by atoms with Gasteiger partial charge in [-0.3, -0.25) is 4.79 Å². The maximum atomic E-state index is 11.5. The molecule has 0 radical (unpaired) electrons. The molecule has 1 heterocycles. The molecule has 4 heteroatoms. The number of carbonyl (C=O) groups is 2. The van der Waals surface area contributed by atoms with Crippen LogP contribution in [0.4, 0.5) is 0 Å². The van der Waals surface area contributed by atoms with Gasteiger partial charge < -0.3 is 9.47 Å². The lowest BCUT2D eigenvalue weighted by molar-refractivity contribution is -0.141. The van der Waals surface area contributed by atoms with Crippen molar-refractivity contribution in [3.63, 3.8) is 0 Å². The Balaban J connectivity index is 2.77. The van der Waals surface area contributed by atoms with Gasteiger partial charge in [-0.25, -0.2) is 4.79 Å². The third kappa shape index (κ3) is 2.34. The maximum absolute atomic E-state index is 11.5. The molecule has 0 saturated carbocycles. The van der Waals surface area contributed by atoms with Crippen molar-refractivity contribution in [1.82, 2.24) is 0 Å². The van der Waals surface area contributed by atoms with Gasteiger partial charge >= 0.3 is 5.97 Å². The van der Waals surface area contributed by atoms with E-state index >= 15 is 0 Å². The van der Waals surface area contributed by atoms with Gasteiger partial charge in [-0.1, -0.05) is 0 Å². The van der Waals surface area contributed by atoms with Gasteiger partial charge in [0.05, 0.1) is 13.0 Å². The van der Waals surface area contributed by atoms with Gasteiger partial charge in [-0.15, -0.1) is 0 Å². The predicted molar refractivity (Wildman–Crippen MR) is 49.5 cm³/mol. The first-order chi connectivity index (χ1) is 6.46. The molecular formula is C10H14O4. The summed E-state index contributed by atoms with van der Waals surface area (Å²) in [6, 6.07) is 0. The largest absolute Gasteiger partial charge is 0.494 e. The molecule has 0 saturated heterocycles. The van der Waals surface area contributed by atoms with E-state index in [-0.39, 0.29) is 24.4 Å². The molecule has 0 fully saturated rings. The maximum Gasteiger partial charge on any atom is 0.344 e. The van der Waals surface area contributed by atoms with E-state index in [2.05, 4.69) is 0 Å². The van der Waals surface area contributed by atoms with Crippen LogP contribution < -0.4 is 0 Å². The molecule has 78 valence electrons. The number of carbonyl (C=O) groups excluding carboxylic acids is 2. The van der Waals surface area contributed by atoms with E-state index in [0.717, 1.165) is 0 Å². The Morgan fingerprint density at radius 1 is 1.64 bits per heavy atom. The van der Waals surface area contributed by atoms with E-state index in [4.69, 9.17) is 9.47 Å². The zero-order chi connectivity index (χ0) is 10.8. The molecule has 0 spiro atoms. The van der Waals surface area contributed by atoms with E-state index in [1.165, 1.54) is 6.26 Å². The van der Waals surface area contributed by atoms with Crippen LogP contribution in [0, 0.1) is 0 Å². The van der Waals surface area contributed by atoms with Gasteiger partial charge in [-0.05, 0) is 20.8 Å². The molecule has 0 amide bonds. The fraction of sp³-hybridized carbons (Fsp3) is 0.600. The highest BCUT2D eigenvalue weighted by molar-refractivity contribution is 6.17. The SMILES string of the molecule is CCOC(=O)C1=COC(C)(C)CC1=O. The molecule has 0 atom stereocenters. The van der Waals surface area contributed by atoms with Crippen LogP contribution in [-0.2, 0) is 19.1 Å². The minimum absolute atomic E-state index is 0.00572. The zero-order valence-corrected chi connectivity index (χ0v) is 8.62. The molecule has 14 heavy (non-hydrogen) atoms. The van der Waals surface area contributed by atoms with Gasteiger partial charge in [0.25, 0.3) is 0 Å². The number of rotatable bonds is 2. The number of hydrogen-bond donors (Lipinski definition) is 0. The summed E-state index contributed by atoms with van der Waals surface area (Å²) in [5.74, 6) is -0.826. The fourth-order valence-electron chi connectivity index (χ4n) is 1.18. The fourth-order valence-corrected chi connectivity index (χ4v) is 1.18. The monoisotopic (exact) mass is 198 g/mol. The molecule has 0 unspecified atom stereocenters. The summed E-state index contributed by atoms with van der Waals surface area (Å²) in [5.41, 5.74) is -0.515. The first-order valence-corrected chi connectivity index (χ1v) is 4.54. The molecule has 1 aliphatic heterocycles. The minimum Gasteiger partial charge on any atom is -0.494 e. The van der Waals surface area contributed by atoms with Crippen molar-refractivity contribution in [2.75, 3.05) is 6.61 Å². The smallest absolute Gasteiger partial charge is 0.344 e. The van der Waals surface area contributed by atoms with Crippen LogP contribution in [0.25, 0.3) is 0 Å². The summed E-state index contributed by atoms with van der Waals surface area (Å²) in [4.78, 5) is 22.7. The molecular weight excluding hydrogens is 184 g/mol. The van der Waals surface area contributed by atoms with Gasteiger partial charge in [-0.2, -0.15) is 0 Å². The summed E-state index contributed by atoms with van der Waals surface area (Å²) in [5, 5.41) is 0. The van der Waals surface area contributed by atoms with Crippen LogP contribution in [-0.4, -0.2) is 24.0 Å². The Labute approximate surface area is 82.9 Å². The Bertz CT molecular complexity index is 288. The van der Waals surface area contributed by atoms with Crippen LogP contribution in [0.1, 0.15) is 27.2 Å². The normalized spacial score (nSPS) is 19.6. The molecule has 0 bridgehead atoms. The average Bonchev–Trinajstić information content (AvgIpc) is 2.02. The predicted octanol–water partition coefficient (Wildman–Crippen LogP) is 1.20. The standard InChI is InChI=1S/C10H14O4/c1-4-13-9(12)7-6-14-10(2,3)5-8(7)11/h6H,4-5H2,1-3H3. The van der Waals surface area contributed by atoms with Crippen molar-refractivity contribution in [2.45, 2.75) is 32.8 Å². The van der Waals surface area contributed by atoms with E-state index in [0.29, 0.717) is 0 Å². The Hall–Kier alpha value is -1.32. The first-order valence-electron chi connectivity index (χ1n) is 4.54. The highest BCUT2D eigenvalue weighted by atomic mass is 16.5. The van der Waals surface area contributed by atoms with Crippen molar-refractivity contribution in [2.24, 2.45) is 0 Å². The van der Waals surface area contributed by atoms with E-state index in [1.54, 1.807) is 20.8 Å². The number of Topliss-reactive ketones (excluding diaryl/α,β-unsaturated/α-hetero) is 1. The highest BCUT2D eigenvalue weighted by Gasteiger charge is 2.33. The average molecular weight is 198 g/mol. The van der Waals surface area contributed by atoms with Crippen LogP contribution in [0.2, 0.25) is 0 Å². The van der Waals surface area contributed by atoms with Crippen LogP contribution in [0.15, 0.2) is 11.8 Å². The highest BCUT2D eigenvalue weighted by Crippen LogP contribution is 2.24. The van der Waals surface area contributed by atoms with Crippen LogP contribution in [0.5, 0.6) is 0 Å². The van der Waals surface area contributed by atoms with E-state index in [1.807, 2.05) is 0 Å². The van der Waals surface area contributed by atoms with Crippen LogP contribution >= 0.6 is 0 Å². The van der Waals surface area contributed by atoms with E-state index in [9.17, 15) is 9.59 Å². The van der Waals surface area contributed by atoms with Gasteiger partial charge in [0.2, 0.25) is 0 Å². The zero-order valence-electron chi connectivity index (χ0n) is 8.62. The Morgan fingerprint density at radius 3 is 2.79 bits per heavy atom. The van der Waals surface area contributed by atoms with Crippen molar-refractivity contribution >= 4 is 11.8 Å². The first kappa shape index (κ1) is 10.8. The second kappa shape index (κ2) is 3.82. The lowest BCUT2D eigenvalue weighted by atomic mass is 9.95. The lowest BCUT2D eigenvalue weighted by Crippen LogP contribution is -2.33. The minimum atomic E-state index is -0.604. The van der Waals surface area contributed by atoms with E-state index < -0.39 is 11.6 Å². The summed E-state index contributed by atoms with van der Waals surface area (Å²) in [7, 11) is 0. The van der Waals surface area contributed by atoms with Crippen molar-refractivity contribution in [3.8, 4) is 0 Å². The Kier molecular flexibility index (Phi) is 2.93. The number of esters is 1. The molecule has 0 aromatic heterocycles. The summed E-state index contributed by atoms with van der Waals surface area (Å²) in [6.45, 7) is 5.54. The summed E-state index contributed by atoms with van der Waals surface area (Å²) in [6.07, 6.45) is 1.40. The summed E-state index contributed by atoms with van der Waals surface area (Å²) < 4.78 is 9.94. The molecule has 4 nitrogen and oxygen atoms in total. The van der Waals surface area contributed by atoms with Gasteiger partial charge in [0.1, 0.15) is 17.4 Å². The number of ketones is 1. The van der Waals surface area contributed by atoms with Crippen molar-refractivity contribution < 1.29 is 19.1 Å². The molecule has 0 aromatic rings. The van der Waals surface area contributed by atoms with Crippen molar-refractivity contribution in [3.05, 3.63) is 11.8 Å². The Morgan fingerprint density at radius 2 is 2.29 bits per heavy atom. The lowest BCUT2D eigenvalue weighted by Gasteiger charge is -2.27. The van der Waals surface area contributed by atoms with Crippen molar-refractivity contribution in [1.29, 1.82) is 0 Å². The molecule has 0 aliphatic carbocycles. The second-order valence-electron chi connectivity index (χ2n) is 3.73. The molecule has 0 N–H and O–H groups in total. The van der Waals surface area contributed by atoms with Gasteiger partial charge in [0.15, 0.2) is 5.78 Å². The topological polar surface area (TPSA) is 52.6 Å². The summed E-state index contributed by atoms with van der Waals surface area (Å²) >= 11 is 0.